The van der Waals surface area contributed by atoms with Crippen LogP contribution in [0.15, 0.2) is 12.4 Å². The summed E-state index contributed by atoms with van der Waals surface area (Å²) in [5.74, 6) is -2.48. The molecule has 2 fully saturated rings. The molecule has 2 aliphatic rings. The Kier molecular flexibility index (Phi) is 5.74. The van der Waals surface area contributed by atoms with Crippen LogP contribution in [-0.4, -0.2) is 51.4 Å². The maximum absolute atomic E-state index is 13.4. The molecule has 0 unspecified atom stereocenters. The molecule has 3 rings (SSSR count). The first kappa shape index (κ1) is 20.0. The van der Waals surface area contributed by atoms with Crippen LogP contribution in [0.3, 0.4) is 0 Å². The lowest BCUT2D eigenvalue weighted by molar-refractivity contribution is -0.0518. The third kappa shape index (κ3) is 5.64. The zero-order valence-electron chi connectivity index (χ0n) is 16.4. The van der Waals surface area contributed by atoms with Gasteiger partial charge in [0.15, 0.2) is 0 Å². The molecule has 1 aromatic rings. The van der Waals surface area contributed by atoms with Crippen LogP contribution in [0.1, 0.15) is 64.5 Å². The second kappa shape index (κ2) is 7.73. The number of likely N-dealkylation sites (tertiary alicyclic amines) is 1. The van der Waals surface area contributed by atoms with Gasteiger partial charge in [0.2, 0.25) is 5.92 Å². The van der Waals surface area contributed by atoms with E-state index in [9.17, 15) is 13.6 Å². The number of carbonyl (C=O) groups is 1. The molecule has 1 aliphatic heterocycles. The second-order valence-electron chi connectivity index (χ2n) is 8.71. The average molecular weight is 384 g/mol. The number of alkyl halides is 2. The highest BCUT2D eigenvalue weighted by molar-refractivity contribution is 5.67. The Morgan fingerprint density at radius 3 is 2.67 bits per heavy atom. The second-order valence-corrected chi connectivity index (χ2v) is 8.71. The monoisotopic (exact) mass is 384 g/mol. The lowest BCUT2D eigenvalue weighted by Gasteiger charge is -2.34. The maximum Gasteiger partial charge on any atom is 0.407 e. The highest BCUT2D eigenvalue weighted by atomic mass is 19.3. The number of aromatic nitrogens is 2. The van der Waals surface area contributed by atoms with E-state index in [0.29, 0.717) is 19.4 Å². The van der Waals surface area contributed by atoms with Crippen LogP contribution in [0.4, 0.5) is 13.6 Å². The minimum atomic E-state index is -2.48. The van der Waals surface area contributed by atoms with Crippen molar-refractivity contribution in [3.05, 3.63) is 18.0 Å². The lowest BCUT2D eigenvalue weighted by atomic mass is 9.91. The molecule has 152 valence electrons. The highest BCUT2D eigenvalue weighted by Crippen LogP contribution is 2.37. The third-order valence-corrected chi connectivity index (χ3v) is 5.26. The van der Waals surface area contributed by atoms with Gasteiger partial charge in [-0.25, -0.2) is 13.6 Å². The Labute approximate surface area is 159 Å². The molecule has 0 bridgehead atoms. The summed E-state index contributed by atoms with van der Waals surface area (Å²) < 4.78 is 33.9. The number of alkyl carbamates (subject to hydrolysis) is 1. The number of ether oxygens (including phenoxy) is 1. The number of amides is 1. The molecule has 8 heteroatoms. The Hall–Kier alpha value is -1.70. The normalized spacial score (nSPS) is 24.1. The molecule has 1 saturated carbocycles. The number of hydrogen-bond acceptors (Lipinski definition) is 4. The van der Waals surface area contributed by atoms with Crippen LogP contribution in [-0.2, 0) is 11.3 Å². The predicted molar refractivity (Wildman–Crippen MR) is 97.7 cm³/mol. The molecule has 1 amide bonds. The van der Waals surface area contributed by atoms with E-state index in [0.717, 1.165) is 25.1 Å². The number of hydrogen-bond donors (Lipinski definition) is 1. The summed E-state index contributed by atoms with van der Waals surface area (Å²) in [4.78, 5) is 14.1. The van der Waals surface area contributed by atoms with Gasteiger partial charge in [0.05, 0.1) is 12.2 Å². The van der Waals surface area contributed by atoms with Crippen LogP contribution >= 0.6 is 0 Å². The van der Waals surface area contributed by atoms with E-state index < -0.39 is 17.6 Å². The molecule has 0 spiro atoms. The van der Waals surface area contributed by atoms with Crippen molar-refractivity contribution in [3.8, 4) is 0 Å². The van der Waals surface area contributed by atoms with Crippen LogP contribution < -0.4 is 5.32 Å². The summed E-state index contributed by atoms with van der Waals surface area (Å²) >= 11 is 0. The number of nitrogens with zero attached hydrogens (tertiary/aromatic N) is 3. The van der Waals surface area contributed by atoms with Crippen molar-refractivity contribution in [2.75, 3.05) is 13.1 Å². The van der Waals surface area contributed by atoms with E-state index in [1.54, 1.807) is 6.20 Å². The van der Waals surface area contributed by atoms with Gasteiger partial charge in [0.25, 0.3) is 0 Å². The Morgan fingerprint density at radius 2 is 2.00 bits per heavy atom. The average Bonchev–Trinajstić information content (AvgIpc) is 3.20. The molecule has 1 saturated heterocycles. The highest BCUT2D eigenvalue weighted by Gasteiger charge is 2.39. The molecular formula is C19H30F2N4O2. The van der Waals surface area contributed by atoms with Crippen LogP contribution in [0.5, 0.6) is 0 Å². The zero-order chi connectivity index (χ0) is 19.7. The first-order valence-corrected chi connectivity index (χ1v) is 9.73. The quantitative estimate of drug-likeness (QED) is 0.859. The minimum absolute atomic E-state index is 0.00108. The van der Waals surface area contributed by atoms with E-state index in [1.165, 1.54) is 0 Å². The molecule has 6 nitrogen and oxygen atoms in total. The van der Waals surface area contributed by atoms with E-state index in [1.807, 2.05) is 31.6 Å². The van der Waals surface area contributed by atoms with Crippen molar-refractivity contribution >= 4 is 6.09 Å². The van der Waals surface area contributed by atoms with Gasteiger partial charge in [-0.2, -0.15) is 5.10 Å². The summed E-state index contributed by atoms with van der Waals surface area (Å²) in [5, 5.41) is 7.16. The standard InChI is InChI=1S/C19H30F2N4O2/c1-18(2,3)27-17(26)22-10-14-11-23-25(12-14)16-6-9-24(13-16)15-4-7-19(20,21)8-5-15/h11-12,15-16H,4-10,13H2,1-3H3,(H,22,26)/t16-/m1/s1. The number of carbonyl (C=O) groups excluding carboxylic acids is 1. The molecule has 1 aromatic heterocycles. The maximum atomic E-state index is 13.4. The molecule has 27 heavy (non-hydrogen) atoms. The lowest BCUT2D eigenvalue weighted by Crippen LogP contribution is -2.39. The Balaban J connectivity index is 1.47. The van der Waals surface area contributed by atoms with Crippen molar-refractivity contribution in [3.63, 3.8) is 0 Å². The van der Waals surface area contributed by atoms with E-state index >= 15 is 0 Å². The van der Waals surface area contributed by atoms with Gasteiger partial charge in [0.1, 0.15) is 5.60 Å². The van der Waals surface area contributed by atoms with Gasteiger partial charge in [-0.1, -0.05) is 0 Å². The summed E-state index contributed by atoms with van der Waals surface area (Å²) in [6.07, 6.45) is 5.36. The summed E-state index contributed by atoms with van der Waals surface area (Å²) in [5.41, 5.74) is 0.390. The Morgan fingerprint density at radius 1 is 1.30 bits per heavy atom. The Bertz CT molecular complexity index is 646. The summed E-state index contributed by atoms with van der Waals surface area (Å²) in [6.45, 7) is 7.60. The molecule has 0 aromatic carbocycles. The third-order valence-electron chi connectivity index (χ3n) is 5.26. The first-order chi connectivity index (χ1) is 12.6. The van der Waals surface area contributed by atoms with Gasteiger partial charge >= 0.3 is 6.09 Å². The van der Waals surface area contributed by atoms with Crippen molar-refractivity contribution < 1.29 is 18.3 Å². The largest absolute Gasteiger partial charge is 0.444 e. The summed E-state index contributed by atoms with van der Waals surface area (Å²) in [7, 11) is 0. The first-order valence-electron chi connectivity index (χ1n) is 9.73. The van der Waals surface area contributed by atoms with Gasteiger partial charge in [-0.3, -0.25) is 9.58 Å². The van der Waals surface area contributed by atoms with Crippen molar-refractivity contribution in [1.82, 2.24) is 20.0 Å². The van der Waals surface area contributed by atoms with Crippen molar-refractivity contribution in [2.45, 2.75) is 83.0 Å². The number of nitrogens with one attached hydrogen (secondary N) is 1. The zero-order valence-corrected chi connectivity index (χ0v) is 16.4. The minimum Gasteiger partial charge on any atom is -0.444 e. The van der Waals surface area contributed by atoms with Crippen molar-refractivity contribution in [1.29, 1.82) is 0 Å². The fourth-order valence-corrected chi connectivity index (χ4v) is 3.86. The van der Waals surface area contributed by atoms with E-state index in [2.05, 4.69) is 15.3 Å². The van der Waals surface area contributed by atoms with Gasteiger partial charge in [0, 0.05) is 50.3 Å². The fraction of sp³-hybridized carbons (Fsp3) is 0.789. The molecule has 1 atom stereocenters. The molecule has 2 heterocycles. The summed E-state index contributed by atoms with van der Waals surface area (Å²) in [6, 6.07) is 0.515. The molecular weight excluding hydrogens is 354 g/mol. The van der Waals surface area contributed by atoms with Gasteiger partial charge in [-0.05, 0) is 40.0 Å². The molecule has 1 N–H and O–H groups in total. The van der Waals surface area contributed by atoms with Crippen LogP contribution in [0.25, 0.3) is 0 Å². The number of halogens is 2. The van der Waals surface area contributed by atoms with Gasteiger partial charge in [-0.15, -0.1) is 0 Å². The fourth-order valence-electron chi connectivity index (χ4n) is 3.86. The topological polar surface area (TPSA) is 59.4 Å². The number of rotatable bonds is 4. The van der Waals surface area contributed by atoms with E-state index in [4.69, 9.17) is 4.74 Å². The molecule has 1 aliphatic carbocycles. The van der Waals surface area contributed by atoms with E-state index in [-0.39, 0.29) is 24.9 Å². The van der Waals surface area contributed by atoms with Gasteiger partial charge < -0.3 is 10.1 Å². The SMILES string of the molecule is CC(C)(C)OC(=O)NCc1cnn([C@@H]2CCN(C3CCC(F)(F)CC3)C2)c1. The smallest absolute Gasteiger partial charge is 0.407 e. The van der Waals surface area contributed by atoms with Crippen LogP contribution in [0.2, 0.25) is 0 Å². The molecule has 0 radical (unpaired) electrons. The van der Waals surface area contributed by atoms with Crippen LogP contribution in [0, 0.1) is 0 Å². The predicted octanol–water partition coefficient (Wildman–Crippen LogP) is 3.73. The van der Waals surface area contributed by atoms with Crippen molar-refractivity contribution in [2.24, 2.45) is 0 Å².